The Morgan fingerprint density at radius 3 is 3.00 bits per heavy atom. The minimum atomic E-state index is 0.293. The maximum atomic E-state index is 6.12. The molecule has 0 saturated carbocycles. The minimum Gasteiger partial charge on any atom is -0.489 e. The molecule has 0 radical (unpaired) electrons. The molecule has 18 heavy (non-hydrogen) atoms. The molecule has 96 valence electrons. The molecule has 5 heteroatoms. The summed E-state index contributed by atoms with van der Waals surface area (Å²) in [5.41, 5.74) is 0. The van der Waals surface area contributed by atoms with Crippen LogP contribution in [0, 0.1) is 0 Å². The van der Waals surface area contributed by atoms with Crippen molar-refractivity contribution in [2.24, 2.45) is 0 Å². The van der Waals surface area contributed by atoms with Crippen LogP contribution in [0.1, 0.15) is 12.8 Å². The van der Waals surface area contributed by atoms with Gasteiger partial charge in [-0.3, -0.25) is 0 Å². The molecule has 1 aliphatic rings. The standard InChI is InChI=1S/C13H16N2O2S/c1-16-12-8-11(10-4-7-18-13(10)15-12)17-9-2-5-14-6-3-9/h4,7-9,14H,2-3,5-6H2,1H3. The second kappa shape index (κ2) is 5.12. The first kappa shape index (κ1) is 11.7. The number of hydrogen-bond donors (Lipinski definition) is 1. The number of nitrogens with zero attached hydrogens (tertiary/aromatic N) is 1. The van der Waals surface area contributed by atoms with Crippen LogP contribution in [-0.4, -0.2) is 31.3 Å². The Kier molecular flexibility index (Phi) is 3.34. The first-order chi connectivity index (χ1) is 8.86. The number of aromatic nitrogens is 1. The number of methoxy groups -OCH3 is 1. The molecule has 2 aromatic heterocycles. The van der Waals surface area contributed by atoms with Crippen LogP contribution in [0.15, 0.2) is 17.5 Å². The lowest BCUT2D eigenvalue weighted by atomic mass is 10.1. The third kappa shape index (κ3) is 2.28. The number of rotatable bonds is 3. The van der Waals surface area contributed by atoms with Crippen molar-refractivity contribution in [2.75, 3.05) is 20.2 Å². The van der Waals surface area contributed by atoms with E-state index in [0.717, 1.165) is 41.9 Å². The SMILES string of the molecule is COc1cc(OC2CCNCC2)c2ccsc2n1. The zero-order chi connectivity index (χ0) is 12.4. The van der Waals surface area contributed by atoms with Gasteiger partial charge in [0.15, 0.2) is 0 Å². The van der Waals surface area contributed by atoms with Crippen molar-refractivity contribution < 1.29 is 9.47 Å². The van der Waals surface area contributed by atoms with Crippen LogP contribution in [-0.2, 0) is 0 Å². The molecular formula is C13H16N2O2S. The van der Waals surface area contributed by atoms with Gasteiger partial charge < -0.3 is 14.8 Å². The molecule has 0 atom stereocenters. The molecule has 1 aliphatic heterocycles. The quantitative estimate of drug-likeness (QED) is 0.924. The number of piperidine rings is 1. The first-order valence-electron chi connectivity index (χ1n) is 6.16. The van der Waals surface area contributed by atoms with Crippen molar-refractivity contribution in [3.63, 3.8) is 0 Å². The second-order valence-electron chi connectivity index (χ2n) is 4.37. The van der Waals surface area contributed by atoms with E-state index >= 15 is 0 Å². The summed E-state index contributed by atoms with van der Waals surface area (Å²) < 4.78 is 11.3. The average molecular weight is 264 g/mol. The molecule has 0 spiro atoms. The summed E-state index contributed by atoms with van der Waals surface area (Å²) in [5, 5.41) is 6.46. The second-order valence-corrected chi connectivity index (χ2v) is 5.26. The molecule has 2 aromatic rings. The number of pyridine rings is 1. The minimum absolute atomic E-state index is 0.293. The molecule has 0 unspecified atom stereocenters. The molecule has 0 bridgehead atoms. The number of nitrogens with one attached hydrogen (secondary N) is 1. The fraction of sp³-hybridized carbons (Fsp3) is 0.462. The molecule has 0 aliphatic carbocycles. The van der Waals surface area contributed by atoms with Crippen molar-refractivity contribution in [1.29, 1.82) is 0 Å². The van der Waals surface area contributed by atoms with Crippen LogP contribution in [0.5, 0.6) is 11.6 Å². The zero-order valence-corrected chi connectivity index (χ0v) is 11.1. The monoisotopic (exact) mass is 264 g/mol. The first-order valence-corrected chi connectivity index (χ1v) is 7.04. The predicted octanol–water partition coefficient (Wildman–Crippen LogP) is 2.44. The molecule has 3 rings (SSSR count). The highest BCUT2D eigenvalue weighted by Gasteiger charge is 2.17. The van der Waals surface area contributed by atoms with Crippen molar-refractivity contribution in [3.05, 3.63) is 17.5 Å². The van der Waals surface area contributed by atoms with E-state index in [-0.39, 0.29) is 0 Å². The van der Waals surface area contributed by atoms with Gasteiger partial charge in [-0.1, -0.05) is 0 Å². The van der Waals surface area contributed by atoms with Gasteiger partial charge in [0.1, 0.15) is 16.7 Å². The molecule has 1 N–H and O–H groups in total. The van der Waals surface area contributed by atoms with Crippen molar-refractivity contribution in [1.82, 2.24) is 10.3 Å². The van der Waals surface area contributed by atoms with Crippen LogP contribution in [0.4, 0.5) is 0 Å². The van der Waals surface area contributed by atoms with E-state index in [1.165, 1.54) is 0 Å². The van der Waals surface area contributed by atoms with E-state index in [2.05, 4.69) is 16.4 Å². The summed E-state index contributed by atoms with van der Waals surface area (Å²) in [5.74, 6) is 1.51. The molecule has 1 saturated heterocycles. The summed E-state index contributed by atoms with van der Waals surface area (Å²) in [4.78, 5) is 5.38. The summed E-state index contributed by atoms with van der Waals surface area (Å²) >= 11 is 1.61. The van der Waals surface area contributed by atoms with Gasteiger partial charge in [0.2, 0.25) is 5.88 Å². The normalized spacial score (nSPS) is 16.9. The van der Waals surface area contributed by atoms with Gasteiger partial charge in [-0.05, 0) is 37.4 Å². The van der Waals surface area contributed by atoms with Gasteiger partial charge in [-0.2, -0.15) is 0 Å². The van der Waals surface area contributed by atoms with Gasteiger partial charge in [-0.25, -0.2) is 4.98 Å². The number of ether oxygens (including phenoxy) is 2. The Morgan fingerprint density at radius 1 is 1.39 bits per heavy atom. The molecular weight excluding hydrogens is 248 g/mol. The summed E-state index contributed by atoms with van der Waals surface area (Å²) in [6.45, 7) is 2.05. The van der Waals surface area contributed by atoms with Crippen LogP contribution in [0.25, 0.3) is 10.2 Å². The Hall–Kier alpha value is -1.33. The average Bonchev–Trinajstić information content (AvgIpc) is 2.88. The van der Waals surface area contributed by atoms with E-state index in [1.54, 1.807) is 18.4 Å². The van der Waals surface area contributed by atoms with Crippen molar-refractivity contribution in [2.45, 2.75) is 18.9 Å². The fourth-order valence-electron chi connectivity index (χ4n) is 2.19. The van der Waals surface area contributed by atoms with Crippen LogP contribution in [0.3, 0.4) is 0 Å². The smallest absolute Gasteiger partial charge is 0.218 e. The van der Waals surface area contributed by atoms with Crippen LogP contribution < -0.4 is 14.8 Å². The lowest BCUT2D eigenvalue weighted by Gasteiger charge is -2.24. The highest BCUT2D eigenvalue weighted by molar-refractivity contribution is 7.16. The highest BCUT2D eigenvalue weighted by Crippen LogP contribution is 2.33. The van der Waals surface area contributed by atoms with Crippen LogP contribution >= 0.6 is 11.3 Å². The van der Waals surface area contributed by atoms with Gasteiger partial charge in [0.25, 0.3) is 0 Å². The Balaban J connectivity index is 1.91. The molecule has 4 nitrogen and oxygen atoms in total. The van der Waals surface area contributed by atoms with E-state index in [0.29, 0.717) is 12.0 Å². The summed E-state index contributed by atoms with van der Waals surface area (Å²) in [7, 11) is 1.64. The molecule has 3 heterocycles. The molecule has 0 aromatic carbocycles. The summed E-state index contributed by atoms with van der Waals surface area (Å²) in [6.07, 6.45) is 2.40. The number of thiophene rings is 1. The van der Waals surface area contributed by atoms with Gasteiger partial charge in [0, 0.05) is 6.07 Å². The largest absolute Gasteiger partial charge is 0.489 e. The molecule has 0 amide bonds. The highest BCUT2D eigenvalue weighted by atomic mass is 32.1. The number of hydrogen-bond acceptors (Lipinski definition) is 5. The third-order valence-corrected chi connectivity index (χ3v) is 3.97. The van der Waals surface area contributed by atoms with Gasteiger partial charge >= 0.3 is 0 Å². The third-order valence-electron chi connectivity index (χ3n) is 3.17. The van der Waals surface area contributed by atoms with E-state index in [9.17, 15) is 0 Å². The van der Waals surface area contributed by atoms with E-state index in [4.69, 9.17) is 9.47 Å². The lowest BCUT2D eigenvalue weighted by Crippen LogP contribution is -2.34. The van der Waals surface area contributed by atoms with Gasteiger partial charge in [-0.15, -0.1) is 11.3 Å². The Labute approximate surface area is 110 Å². The Bertz CT molecular complexity index is 535. The summed E-state index contributed by atoms with van der Waals surface area (Å²) in [6, 6.07) is 3.94. The maximum Gasteiger partial charge on any atom is 0.218 e. The zero-order valence-electron chi connectivity index (χ0n) is 10.3. The predicted molar refractivity (Wildman–Crippen MR) is 72.7 cm³/mol. The fourth-order valence-corrected chi connectivity index (χ4v) is 2.96. The van der Waals surface area contributed by atoms with Crippen molar-refractivity contribution in [3.8, 4) is 11.6 Å². The van der Waals surface area contributed by atoms with E-state index < -0.39 is 0 Å². The van der Waals surface area contributed by atoms with Crippen LogP contribution in [0.2, 0.25) is 0 Å². The van der Waals surface area contributed by atoms with E-state index in [1.807, 2.05) is 11.4 Å². The number of fused-ring (bicyclic) bond motifs is 1. The molecule has 1 fully saturated rings. The topological polar surface area (TPSA) is 43.4 Å². The van der Waals surface area contributed by atoms with Crippen molar-refractivity contribution >= 4 is 21.6 Å². The Morgan fingerprint density at radius 2 is 2.22 bits per heavy atom. The lowest BCUT2D eigenvalue weighted by molar-refractivity contribution is 0.164. The van der Waals surface area contributed by atoms with Gasteiger partial charge in [0.05, 0.1) is 12.5 Å². The maximum absolute atomic E-state index is 6.12.